The maximum atomic E-state index is 6.14. The van der Waals surface area contributed by atoms with Gasteiger partial charge in [0.2, 0.25) is 0 Å². The summed E-state index contributed by atoms with van der Waals surface area (Å²) in [5, 5.41) is 4.03. The van der Waals surface area contributed by atoms with Crippen molar-refractivity contribution >= 4 is 17.4 Å². The summed E-state index contributed by atoms with van der Waals surface area (Å²) in [7, 11) is 0. The van der Waals surface area contributed by atoms with Crippen LogP contribution in [0.4, 0.5) is 5.82 Å². The predicted octanol–water partition coefficient (Wildman–Crippen LogP) is 1.96. The molecule has 5 heteroatoms. The van der Waals surface area contributed by atoms with Gasteiger partial charge in [0, 0.05) is 13.1 Å². The monoisotopic (exact) mass is 254 g/mol. The highest BCUT2D eigenvalue weighted by Crippen LogP contribution is 2.23. The largest absolute Gasteiger partial charge is 0.355 e. The topological polar surface area (TPSA) is 41.0 Å². The smallest absolute Gasteiger partial charge is 0.150 e. The van der Waals surface area contributed by atoms with Crippen molar-refractivity contribution < 1.29 is 0 Å². The minimum absolute atomic E-state index is 0.642. The third-order valence-electron chi connectivity index (χ3n) is 3.27. The fraction of sp³-hybridized carbons (Fsp3) is 0.667. The Kier molecular flexibility index (Phi) is 4.57. The lowest BCUT2D eigenvalue weighted by Crippen LogP contribution is -2.36. The van der Waals surface area contributed by atoms with E-state index in [9.17, 15) is 0 Å². The maximum absolute atomic E-state index is 6.14. The lowest BCUT2D eigenvalue weighted by molar-refractivity contribution is 0.374. The van der Waals surface area contributed by atoms with Crippen LogP contribution in [0.5, 0.6) is 0 Å². The highest BCUT2D eigenvalue weighted by molar-refractivity contribution is 6.32. The lowest BCUT2D eigenvalue weighted by Gasteiger charge is -2.30. The molecule has 17 heavy (non-hydrogen) atoms. The highest BCUT2D eigenvalue weighted by Gasteiger charge is 2.18. The normalized spacial score (nSPS) is 17.1. The van der Waals surface area contributed by atoms with Gasteiger partial charge in [0.05, 0.1) is 6.20 Å². The minimum atomic E-state index is 0.642. The molecule has 0 spiro atoms. The van der Waals surface area contributed by atoms with Crippen LogP contribution in [0.3, 0.4) is 0 Å². The second kappa shape index (κ2) is 6.17. The first-order chi connectivity index (χ1) is 8.31. The molecule has 0 amide bonds. The number of rotatable bonds is 4. The standard InChI is InChI=1S/C12H19ClN4/c1-2-17(8-10-3-5-14-6-4-10)12-11(13)7-15-9-16-12/h7,9-10,14H,2-6,8H2,1H3. The molecule has 1 saturated heterocycles. The first kappa shape index (κ1) is 12.6. The molecule has 0 radical (unpaired) electrons. The SMILES string of the molecule is CCN(CC1CCNCC1)c1ncncc1Cl. The quantitative estimate of drug-likeness (QED) is 0.892. The summed E-state index contributed by atoms with van der Waals surface area (Å²) >= 11 is 6.14. The molecule has 0 saturated carbocycles. The van der Waals surface area contributed by atoms with Crippen molar-refractivity contribution in [1.29, 1.82) is 0 Å². The number of halogens is 1. The summed E-state index contributed by atoms with van der Waals surface area (Å²) in [6.45, 7) is 6.36. The zero-order valence-electron chi connectivity index (χ0n) is 10.2. The molecule has 0 aromatic carbocycles. The molecule has 1 aliphatic rings. The molecular formula is C12H19ClN4. The van der Waals surface area contributed by atoms with Crippen molar-refractivity contribution in [2.24, 2.45) is 5.92 Å². The molecule has 2 rings (SSSR count). The van der Waals surface area contributed by atoms with Crippen LogP contribution in [0.25, 0.3) is 0 Å². The van der Waals surface area contributed by atoms with E-state index >= 15 is 0 Å². The summed E-state index contributed by atoms with van der Waals surface area (Å²) in [4.78, 5) is 10.5. The summed E-state index contributed by atoms with van der Waals surface area (Å²) < 4.78 is 0. The van der Waals surface area contributed by atoms with Crippen LogP contribution in [-0.4, -0.2) is 36.1 Å². The summed E-state index contributed by atoms with van der Waals surface area (Å²) in [6.07, 6.45) is 5.69. The molecular weight excluding hydrogens is 236 g/mol. The van der Waals surface area contributed by atoms with Gasteiger partial charge in [0.1, 0.15) is 11.3 Å². The predicted molar refractivity (Wildman–Crippen MR) is 70.5 cm³/mol. The van der Waals surface area contributed by atoms with Gasteiger partial charge in [-0.3, -0.25) is 0 Å². The van der Waals surface area contributed by atoms with Gasteiger partial charge in [-0.15, -0.1) is 0 Å². The van der Waals surface area contributed by atoms with E-state index in [1.165, 1.54) is 12.8 Å². The fourth-order valence-corrected chi connectivity index (χ4v) is 2.50. The van der Waals surface area contributed by atoms with Gasteiger partial charge >= 0.3 is 0 Å². The molecule has 0 bridgehead atoms. The zero-order chi connectivity index (χ0) is 12.1. The van der Waals surface area contributed by atoms with Gasteiger partial charge in [-0.05, 0) is 38.8 Å². The second-order valence-electron chi connectivity index (χ2n) is 4.43. The highest BCUT2D eigenvalue weighted by atomic mass is 35.5. The Morgan fingerprint density at radius 1 is 1.47 bits per heavy atom. The zero-order valence-corrected chi connectivity index (χ0v) is 11.0. The molecule has 1 aromatic heterocycles. The lowest BCUT2D eigenvalue weighted by atomic mass is 9.97. The molecule has 1 N–H and O–H groups in total. The third kappa shape index (κ3) is 3.30. The van der Waals surface area contributed by atoms with Gasteiger partial charge in [-0.1, -0.05) is 11.6 Å². The summed E-state index contributed by atoms with van der Waals surface area (Å²) in [6, 6.07) is 0. The van der Waals surface area contributed by atoms with Gasteiger partial charge in [-0.25, -0.2) is 9.97 Å². The van der Waals surface area contributed by atoms with Crippen LogP contribution < -0.4 is 10.2 Å². The Balaban J connectivity index is 2.03. The summed E-state index contributed by atoms with van der Waals surface area (Å²) in [5.41, 5.74) is 0. The van der Waals surface area contributed by atoms with Crippen molar-refractivity contribution in [3.63, 3.8) is 0 Å². The number of nitrogens with zero attached hydrogens (tertiary/aromatic N) is 3. The Labute approximate surface area is 107 Å². The van der Waals surface area contributed by atoms with Gasteiger partial charge in [0.25, 0.3) is 0 Å². The van der Waals surface area contributed by atoms with Gasteiger partial charge in [-0.2, -0.15) is 0 Å². The number of piperidine rings is 1. The van der Waals surface area contributed by atoms with Gasteiger partial charge < -0.3 is 10.2 Å². The fourth-order valence-electron chi connectivity index (χ4n) is 2.28. The molecule has 0 aliphatic carbocycles. The Bertz CT molecular complexity index is 352. The Hall–Kier alpha value is -0.870. The van der Waals surface area contributed by atoms with Crippen LogP contribution in [0, 0.1) is 5.92 Å². The molecule has 0 atom stereocenters. The van der Waals surface area contributed by atoms with Crippen LogP contribution >= 0.6 is 11.6 Å². The molecule has 94 valence electrons. The number of nitrogens with one attached hydrogen (secondary N) is 1. The molecule has 2 heterocycles. The minimum Gasteiger partial charge on any atom is -0.355 e. The Morgan fingerprint density at radius 2 is 2.24 bits per heavy atom. The van der Waals surface area contributed by atoms with E-state index in [-0.39, 0.29) is 0 Å². The van der Waals surface area contributed by atoms with Crippen molar-refractivity contribution in [2.45, 2.75) is 19.8 Å². The van der Waals surface area contributed by atoms with Crippen molar-refractivity contribution in [2.75, 3.05) is 31.1 Å². The van der Waals surface area contributed by atoms with Crippen molar-refractivity contribution in [3.8, 4) is 0 Å². The maximum Gasteiger partial charge on any atom is 0.150 e. The second-order valence-corrected chi connectivity index (χ2v) is 4.83. The van der Waals surface area contributed by atoms with E-state index < -0.39 is 0 Å². The van der Waals surface area contributed by atoms with Crippen LogP contribution in [0.2, 0.25) is 5.02 Å². The van der Waals surface area contributed by atoms with E-state index in [2.05, 4.69) is 27.1 Å². The van der Waals surface area contributed by atoms with Crippen LogP contribution in [-0.2, 0) is 0 Å². The Morgan fingerprint density at radius 3 is 2.88 bits per heavy atom. The van der Waals surface area contributed by atoms with E-state index in [1.54, 1.807) is 12.5 Å². The van der Waals surface area contributed by atoms with E-state index in [4.69, 9.17) is 11.6 Å². The molecule has 1 aliphatic heterocycles. The number of anilines is 1. The number of aromatic nitrogens is 2. The van der Waals surface area contributed by atoms with E-state index in [0.717, 1.165) is 37.9 Å². The van der Waals surface area contributed by atoms with Crippen LogP contribution in [0.15, 0.2) is 12.5 Å². The van der Waals surface area contributed by atoms with E-state index in [1.807, 2.05) is 0 Å². The van der Waals surface area contributed by atoms with Crippen molar-refractivity contribution in [1.82, 2.24) is 15.3 Å². The molecule has 0 unspecified atom stereocenters. The summed E-state index contributed by atoms with van der Waals surface area (Å²) in [5.74, 6) is 1.60. The molecule has 1 aromatic rings. The van der Waals surface area contributed by atoms with Crippen LogP contribution in [0.1, 0.15) is 19.8 Å². The third-order valence-corrected chi connectivity index (χ3v) is 3.53. The first-order valence-electron chi connectivity index (χ1n) is 6.22. The van der Waals surface area contributed by atoms with Crippen molar-refractivity contribution in [3.05, 3.63) is 17.5 Å². The van der Waals surface area contributed by atoms with Gasteiger partial charge in [0.15, 0.2) is 5.82 Å². The van der Waals surface area contributed by atoms with E-state index in [0.29, 0.717) is 5.02 Å². The average molecular weight is 255 g/mol. The molecule has 4 nitrogen and oxygen atoms in total. The number of hydrogen-bond donors (Lipinski definition) is 1. The average Bonchev–Trinajstić information content (AvgIpc) is 2.38. The number of hydrogen-bond acceptors (Lipinski definition) is 4. The first-order valence-corrected chi connectivity index (χ1v) is 6.60. The molecule has 1 fully saturated rings.